The summed E-state index contributed by atoms with van der Waals surface area (Å²) in [7, 11) is 0. The SMILES string of the molecule is CC(=O)Oc1cc2ccsc2s1. The minimum absolute atomic E-state index is 0.260. The molecule has 2 aromatic heterocycles. The van der Waals surface area contributed by atoms with Crippen LogP contribution in [0, 0.1) is 0 Å². The van der Waals surface area contributed by atoms with E-state index in [1.807, 2.05) is 17.5 Å². The highest BCUT2D eigenvalue weighted by Gasteiger charge is 2.04. The molecule has 0 N–H and O–H groups in total. The van der Waals surface area contributed by atoms with Crippen molar-refractivity contribution in [2.75, 3.05) is 0 Å². The standard InChI is InChI=1S/C8H6O2S2/c1-5(9)10-7-4-6-2-3-11-8(6)12-7/h2-4H,1H3. The van der Waals surface area contributed by atoms with Gasteiger partial charge in [0.25, 0.3) is 0 Å². The number of ether oxygens (including phenoxy) is 1. The van der Waals surface area contributed by atoms with E-state index < -0.39 is 0 Å². The van der Waals surface area contributed by atoms with Crippen molar-refractivity contribution in [2.45, 2.75) is 6.92 Å². The highest BCUT2D eigenvalue weighted by atomic mass is 32.2. The highest BCUT2D eigenvalue weighted by Crippen LogP contribution is 2.35. The van der Waals surface area contributed by atoms with Crippen molar-refractivity contribution in [2.24, 2.45) is 0 Å². The Hall–Kier alpha value is -0.870. The van der Waals surface area contributed by atoms with Crippen molar-refractivity contribution in [1.82, 2.24) is 0 Å². The molecule has 0 aliphatic heterocycles. The molecular weight excluding hydrogens is 192 g/mol. The molecule has 0 aliphatic carbocycles. The van der Waals surface area contributed by atoms with Crippen LogP contribution in [0.5, 0.6) is 5.06 Å². The van der Waals surface area contributed by atoms with Crippen LogP contribution in [0.4, 0.5) is 0 Å². The maximum atomic E-state index is 10.6. The van der Waals surface area contributed by atoms with Crippen LogP contribution in [-0.4, -0.2) is 5.97 Å². The second-order valence-electron chi connectivity index (χ2n) is 2.32. The topological polar surface area (TPSA) is 26.3 Å². The zero-order valence-electron chi connectivity index (χ0n) is 6.37. The number of rotatable bonds is 1. The third kappa shape index (κ3) is 1.35. The lowest BCUT2D eigenvalue weighted by molar-refractivity contribution is -0.131. The van der Waals surface area contributed by atoms with Gasteiger partial charge in [-0.25, -0.2) is 0 Å². The fourth-order valence-electron chi connectivity index (χ4n) is 0.935. The molecule has 2 aromatic rings. The Labute approximate surface area is 77.4 Å². The third-order valence-corrected chi connectivity index (χ3v) is 3.45. The van der Waals surface area contributed by atoms with Gasteiger partial charge in [-0.3, -0.25) is 4.79 Å². The average molecular weight is 198 g/mol. The van der Waals surface area contributed by atoms with Crippen LogP contribution >= 0.6 is 22.7 Å². The van der Waals surface area contributed by atoms with E-state index in [4.69, 9.17) is 4.74 Å². The van der Waals surface area contributed by atoms with Crippen LogP contribution in [-0.2, 0) is 4.79 Å². The Balaban J connectivity index is 2.38. The van der Waals surface area contributed by atoms with Gasteiger partial charge in [-0.15, -0.1) is 11.3 Å². The van der Waals surface area contributed by atoms with Crippen molar-refractivity contribution in [3.05, 3.63) is 17.5 Å². The molecule has 0 fully saturated rings. The maximum Gasteiger partial charge on any atom is 0.308 e. The number of hydrogen-bond donors (Lipinski definition) is 0. The molecule has 0 amide bonds. The van der Waals surface area contributed by atoms with Gasteiger partial charge in [0.2, 0.25) is 0 Å². The molecule has 0 unspecified atom stereocenters. The van der Waals surface area contributed by atoms with Crippen LogP contribution in [0.1, 0.15) is 6.92 Å². The molecule has 12 heavy (non-hydrogen) atoms. The number of esters is 1. The van der Waals surface area contributed by atoms with Gasteiger partial charge in [-0.1, -0.05) is 11.3 Å². The summed E-state index contributed by atoms with van der Waals surface area (Å²) in [5.74, 6) is -0.260. The van der Waals surface area contributed by atoms with Gasteiger partial charge < -0.3 is 4.74 Å². The van der Waals surface area contributed by atoms with Gasteiger partial charge in [0.1, 0.15) is 0 Å². The zero-order valence-corrected chi connectivity index (χ0v) is 8.00. The molecular formula is C8H6O2S2. The first-order valence-corrected chi connectivity index (χ1v) is 5.11. The van der Waals surface area contributed by atoms with E-state index in [1.54, 1.807) is 11.3 Å². The second-order valence-corrected chi connectivity index (χ2v) is 4.51. The van der Waals surface area contributed by atoms with Gasteiger partial charge in [0, 0.05) is 18.4 Å². The first-order chi connectivity index (χ1) is 5.75. The van der Waals surface area contributed by atoms with E-state index in [2.05, 4.69) is 0 Å². The Morgan fingerprint density at radius 3 is 3.08 bits per heavy atom. The minimum atomic E-state index is -0.260. The summed E-state index contributed by atoms with van der Waals surface area (Å²) < 4.78 is 6.14. The molecule has 2 rings (SSSR count). The van der Waals surface area contributed by atoms with Crippen molar-refractivity contribution in [3.63, 3.8) is 0 Å². The van der Waals surface area contributed by atoms with Gasteiger partial charge in [0.15, 0.2) is 5.06 Å². The van der Waals surface area contributed by atoms with Crippen LogP contribution in [0.25, 0.3) is 9.40 Å². The molecule has 0 saturated carbocycles. The fraction of sp³-hybridized carbons (Fsp3) is 0.125. The Kier molecular flexibility index (Phi) is 1.86. The molecule has 62 valence electrons. The second kappa shape index (κ2) is 2.88. The van der Waals surface area contributed by atoms with Gasteiger partial charge >= 0.3 is 5.97 Å². The number of hydrogen-bond acceptors (Lipinski definition) is 4. The summed E-state index contributed by atoms with van der Waals surface area (Å²) in [5, 5.41) is 3.87. The molecule has 0 aromatic carbocycles. The zero-order chi connectivity index (χ0) is 8.55. The van der Waals surface area contributed by atoms with E-state index in [0.29, 0.717) is 5.06 Å². The van der Waals surface area contributed by atoms with E-state index in [-0.39, 0.29) is 5.97 Å². The van der Waals surface area contributed by atoms with Crippen LogP contribution < -0.4 is 4.74 Å². The Morgan fingerprint density at radius 1 is 1.58 bits per heavy atom. The molecule has 2 heterocycles. The summed E-state index contributed by atoms with van der Waals surface area (Å²) >= 11 is 3.17. The van der Waals surface area contributed by atoms with Crippen LogP contribution in [0.2, 0.25) is 0 Å². The fourth-order valence-corrected chi connectivity index (χ4v) is 2.91. The van der Waals surface area contributed by atoms with Gasteiger partial charge in [-0.05, 0) is 11.4 Å². The molecule has 0 atom stereocenters. The smallest absolute Gasteiger partial charge is 0.308 e. The lowest BCUT2D eigenvalue weighted by Gasteiger charge is -1.92. The summed E-state index contributed by atoms with van der Waals surface area (Å²) in [4.78, 5) is 10.6. The monoisotopic (exact) mass is 198 g/mol. The molecule has 2 nitrogen and oxygen atoms in total. The first-order valence-electron chi connectivity index (χ1n) is 3.41. The van der Waals surface area contributed by atoms with E-state index in [9.17, 15) is 4.79 Å². The predicted octanol–water partition coefficient (Wildman–Crippen LogP) is 2.89. The van der Waals surface area contributed by atoms with Crippen LogP contribution in [0.3, 0.4) is 0 Å². The molecule has 0 aliphatic rings. The molecule has 0 saturated heterocycles. The highest BCUT2D eigenvalue weighted by molar-refractivity contribution is 7.38. The van der Waals surface area contributed by atoms with Crippen LogP contribution in [0.15, 0.2) is 17.5 Å². The first kappa shape index (κ1) is 7.76. The number of carbonyl (C=O) groups is 1. The summed E-state index contributed by atoms with van der Waals surface area (Å²) in [5.41, 5.74) is 0. The van der Waals surface area contributed by atoms with Gasteiger partial charge in [-0.2, -0.15) is 0 Å². The minimum Gasteiger partial charge on any atom is -0.416 e. The Bertz CT molecular complexity index is 385. The van der Waals surface area contributed by atoms with E-state index in [1.165, 1.54) is 22.3 Å². The Morgan fingerprint density at radius 2 is 2.42 bits per heavy atom. The summed E-state index contributed by atoms with van der Waals surface area (Å²) in [6.45, 7) is 1.41. The van der Waals surface area contributed by atoms with E-state index >= 15 is 0 Å². The number of thiophene rings is 2. The van der Waals surface area contributed by atoms with Crippen molar-refractivity contribution >= 4 is 38.0 Å². The largest absolute Gasteiger partial charge is 0.416 e. The molecule has 0 spiro atoms. The predicted molar refractivity (Wildman–Crippen MR) is 51.0 cm³/mol. The van der Waals surface area contributed by atoms with E-state index in [0.717, 1.165) is 5.39 Å². The van der Waals surface area contributed by atoms with Crippen molar-refractivity contribution < 1.29 is 9.53 Å². The molecule has 4 heteroatoms. The molecule has 0 radical (unpaired) electrons. The van der Waals surface area contributed by atoms with Gasteiger partial charge in [0.05, 0.1) is 4.01 Å². The number of fused-ring (bicyclic) bond motifs is 1. The maximum absolute atomic E-state index is 10.6. The average Bonchev–Trinajstić information content (AvgIpc) is 2.43. The lowest BCUT2D eigenvalue weighted by atomic mass is 10.4. The third-order valence-electron chi connectivity index (χ3n) is 1.37. The number of carbonyl (C=O) groups excluding carboxylic acids is 1. The summed E-state index contributed by atoms with van der Waals surface area (Å²) in [6.07, 6.45) is 0. The lowest BCUT2D eigenvalue weighted by Crippen LogP contribution is -1.98. The van der Waals surface area contributed by atoms with Crippen molar-refractivity contribution in [3.8, 4) is 5.06 Å². The van der Waals surface area contributed by atoms with Crippen molar-refractivity contribution in [1.29, 1.82) is 0 Å². The normalized spacial score (nSPS) is 10.4. The quantitative estimate of drug-likeness (QED) is 0.658. The summed E-state index contributed by atoms with van der Waals surface area (Å²) in [6, 6.07) is 3.90. The molecule has 0 bridgehead atoms.